The quantitative estimate of drug-likeness (QED) is 0.0151. The SMILES string of the molecule is CC/C=C/C=C/C=C/C=C/CCCCCCCC(=O)OC[C@H](COP(=O)([O-])OCC[N+](C)(C)C)OC(=O)CCCCCCCCC/C=C/C/C=C/CCCCC. The van der Waals surface area contributed by atoms with Gasteiger partial charge in [-0.05, 0) is 64.2 Å². The Labute approximate surface area is 342 Å². The van der Waals surface area contributed by atoms with E-state index in [4.69, 9.17) is 18.5 Å². The van der Waals surface area contributed by atoms with E-state index < -0.39 is 32.5 Å². The summed E-state index contributed by atoms with van der Waals surface area (Å²) < 4.78 is 33.9. The van der Waals surface area contributed by atoms with Gasteiger partial charge in [0.15, 0.2) is 6.10 Å². The summed E-state index contributed by atoms with van der Waals surface area (Å²) in [7, 11) is 1.13. The van der Waals surface area contributed by atoms with Gasteiger partial charge in [-0.3, -0.25) is 14.2 Å². The van der Waals surface area contributed by atoms with Crippen LogP contribution < -0.4 is 4.89 Å². The van der Waals surface area contributed by atoms with Gasteiger partial charge in [0.2, 0.25) is 0 Å². The van der Waals surface area contributed by atoms with Crippen LogP contribution >= 0.6 is 7.82 Å². The molecule has 0 N–H and O–H groups in total. The fourth-order valence-electron chi connectivity index (χ4n) is 5.40. The van der Waals surface area contributed by atoms with Gasteiger partial charge in [-0.1, -0.05) is 151 Å². The molecule has 0 aliphatic heterocycles. The number of phosphoric ester groups is 1. The standard InChI is InChI=1S/C46H80NO8P/c1-6-8-10-12-14-16-18-20-22-23-25-27-29-31-33-35-37-39-46(49)55-44(43-54-56(50,51)53-41-40-47(3,4)5)42-52-45(48)38-36-34-32-30-28-26-24-21-19-17-15-13-11-9-7-2/h9,11,13-17,19-22,24,44H,6-8,10,12,18,23,25-43H2,1-5H3/b11-9+,15-13+,16-14+,19-17+,22-20+,24-21+/t44-/m1/s1. The van der Waals surface area contributed by atoms with Crippen molar-refractivity contribution in [2.45, 2.75) is 161 Å². The molecule has 10 heteroatoms. The summed E-state index contributed by atoms with van der Waals surface area (Å²) >= 11 is 0. The molecule has 0 aliphatic rings. The number of quaternary nitrogens is 1. The number of carbonyl (C=O) groups excluding carboxylic acids is 2. The molecule has 0 bridgehead atoms. The normalized spacial score (nSPS) is 14.3. The summed E-state index contributed by atoms with van der Waals surface area (Å²) in [4.78, 5) is 37.5. The van der Waals surface area contributed by atoms with Crippen LogP contribution in [0, 0.1) is 0 Å². The molecule has 0 rings (SSSR count). The summed E-state index contributed by atoms with van der Waals surface area (Å²) in [6.07, 6.45) is 46.3. The zero-order valence-electron chi connectivity index (χ0n) is 36.1. The second-order valence-corrected chi connectivity index (χ2v) is 16.8. The Morgan fingerprint density at radius 3 is 1.66 bits per heavy atom. The van der Waals surface area contributed by atoms with E-state index in [0.717, 1.165) is 70.6 Å². The van der Waals surface area contributed by atoms with Crippen LogP contribution in [0.15, 0.2) is 72.9 Å². The van der Waals surface area contributed by atoms with Crippen LogP contribution in [-0.2, 0) is 32.7 Å². The molecular weight excluding hydrogens is 725 g/mol. The molecule has 1 unspecified atom stereocenters. The molecule has 0 aromatic carbocycles. The maximum atomic E-state index is 12.7. The number of hydrogen-bond acceptors (Lipinski definition) is 8. The second kappa shape index (κ2) is 38.0. The molecule has 322 valence electrons. The fourth-order valence-corrected chi connectivity index (χ4v) is 6.13. The Morgan fingerprint density at radius 1 is 0.589 bits per heavy atom. The van der Waals surface area contributed by atoms with E-state index in [1.807, 2.05) is 51.5 Å². The minimum Gasteiger partial charge on any atom is -0.756 e. The van der Waals surface area contributed by atoms with Gasteiger partial charge >= 0.3 is 11.9 Å². The van der Waals surface area contributed by atoms with Crippen molar-refractivity contribution in [2.24, 2.45) is 0 Å². The molecule has 0 heterocycles. The number of hydrogen-bond donors (Lipinski definition) is 0. The molecule has 2 atom stereocenters. The smallest absolute Gasteiger partial charge is 0.306 e. The lowest BCUT2D eigenvalue weighted by Gasteiger charge is -2.28. The maximum Gasteiger partial charge on any atom is 0.306 e. The second-order valence-electron chi connectivity index (χ2n) is 15.4. The van der Waals surface area contributed by atoms with Gasteiger partial charge in [0.25, 0.3) is 7.82 Å². The minimum atomic E-state index is -4.64. The number of phosphoric acid groups is 1. The molecule has 0 saturated heterocycles. The van der Waals surface area contributed by atoms with Gasteiger partial charge in [0.05, 0.1) is 27.7 Å². The first kappa shape index (κ1) is 53.5. The number of ether oxygens (including phenoxy) is 2. The molecule has 56 heavy (non-hydrogen) atoms. The van der Waals surface area contributed by atoms with Gasteiger partial charge in [-0.15, -0.1) is 0 Å². The molecular formula is C46H80NO8P. The highest BCUT2D eigenvalue weighted by molar-refractivity contribution is 7.45. The fraction of sp³-hybridized carbons (Fsp3) is 0.696. The monoisotopic (exact) mass is 806 g/mol. The summed E-state index contributed by atoms with van der Waals surface area (Å²) in [6, 6.07) is 0. The predicted molar refractivity (Wildman–Crippen MR) is 231 cm³/mol. The first-order valence-corrected chi connectivity index (χ1v) is 23.2. The van der Waals surface area contributed by atoms with Gasteiger partial charge in [0.1, 0.15) is 19.8 Å². The van der Waals surface area contributed by atoms with Crippen LogP contribution in [0.5, 0.6) is 0 Å². The Kier molecular flexibility index (Phi) is 36.3. The Hall–Kier alpha value is -2.55. The van der Waals surface area contributed by atoms with Crippen molar-refractivity contribution in [2.75, 3.05) is 47.5 Å². The zero-order chi connectivity index (χ0) is 41.4. The van der Waals surface area contributed by atoms with Crippen LogP contribution in [0.25, 0.3) is 0 Å². The predicted octanol–water partition coefficient (Wildman–Crippen LogP) is 11.6. The van der Waals surface area contributed by atoms with Crippen molar-refractivity contribution in [1.82, 2.24) is 0 Å². The molecule has 0 saturated carbocycles. The number of unbranched alkanes of at least 4 members (excludes halogenated alkanes) is 15. The molecule has 0 aromatic rings. The van der Waals surface area contributed by atoms with Crippen molar-refractivity contribution >= 4 is 19.8 Å². The first-order valence-electron chi connectivity index (χ1n) is 21.7. The molecule has 9 nitrogen and oxygen atoms in total. The van der Waals surface area contributed by atoms with Crippen molar-refractivity contribution in [1.29, 1.82) is 0 Å². The Balaban J connectivity index is 4.43. The zero-order valence-corrected chi connectivity index (χ0v) is 36.9. The molecule has 0 spiro atoms. The molecule has 0 fully saturated rings. The lowest BCUT2D eigenvalue weighted by Crippen LogP contribution is -2.37. The van der Waals surface area contributed by atoms with Crippen LogP contribution in [0.2, 0.25) is 0 Å². The third-order valence-electron chi connectivity index (χ3n) is 8.81. The summed E-state index contributed by atoms with van der Waals surface area (Å²) in [5, 5.41) is 0. The maximum absolute atomic E-state index is 12.7. The van der Waals surface area contributed by atoms with E-state index in [0.29, 0.717) is 23.9 Å². The summed E-state index contributed by atoms with van der Waals surface area (Å²) in [5.74, 6) is -0.877. The van der Waals surface area contributed by atoms with E-state index >= 15 is 0 Å². The highest BCUT2D eigenvalue weighted by atomic mass is 31.2. The Morgan fingerprint density at radius 2 is 1.09 bits per heavy atom. The number of likely N-dealkylation sites (N-methyl/N-ethyl adjacent to an activating group) is 1. The van der Waals surface area contributed by atoms with Crippen molar-refractivity contribution in [3.8, 4) is 0 Å². The van der Waals surface area contributed by atoms with Gasteiger partial charge in [-0.2, -0.15) is 0 Å². The number of nitrogens with zero attached hydrogens (tertiary/aromatic N) is 1. The minimum absolute atomic E-state index is 0.0405. The van der Waals surface area contributed by atoms with Gasteiger partial charge in [0, 0.05) is 12.8 Å². The number of allylic oxidation sites excluding steroid dienone is 12. The van der Waals surface area contributed by atoms with Crippen LogP contribution in [-0.4, -0.2) is 70.0 Å². The largest absolute Gasteiger partial charge is 0.756 e. The molecule has 0 amide bonds. The van der Waals surface area contributed by atoms with E-state index in [-0.39, 0.29) is 26.1 Å². The van der Waals surface area contributed by atoms with Gasteiger partial charge in [-0.25, -0.2) is 0 Å². The van der Waals surface area contributed by atoms with E-state index in [1.54, 1.807) is 0 Å². The van der Waals surface area contributed by atoms with Gasteiger partial charge < -0.3 is 27.9 Å². The van der Waals surface area contributed by atoms with Crippen molar-refractivity contribution < 1.29 is 42.1 Å². The number of rotatable bonds is 38. The number of carbonyl (C=O) groups is 2. The van der Waals surface area contributed by atoms with Crippen molar-refractivity contribution in [3.05, 3.63) is 72.9 Å². The molecule has 0 aromatic heterocycles. The average molecular weight is 806 g/mol. The van der Waals surface area contributed by atoms with Crippen molar-refractivity contribution in [3.63, 3.8) is 0 Å². The third-order valence-corrected chi connectivity index (χ3v) is 9.77. The van der Waals surface area contributed by atoms with E-state index in [2.05, 4.69) is 56.4 Å². The summed E-state index contributed by atoms with van der Waals surface area (Å²) in [6.45, 7) is 4.01. The highest BCUT2D eigenvalue weighted by Gasteiger charge is 2.21. The third kappa shape index (κ3) is 41.1. The van der Waals surface area contributed by atoms with Crippen LogP contribution in [0.1, 0.15) is 155 Å². The highest BCUT2D eigenvalue weighted by Crippen LogP contribution is 2.38. The molecule has 0 aliphatic carbocycles. The Bertz CT molecular complexity index is 1180. The van der Waals surface area contributed by atoms with Crippen LogP contribution in [0.3, 0.4) is 0 Å². The van der Waals surface area contributed by atoms with E-state index in [9.17, 15) is 19.0 Å². The lowest BCUT2D eigenvalue weighted by atomic mass is 10.1. The number of esters is 2. The lowest BCUT2D eigenvalue weighted by molar-refractivity contribution is -0.870. The average Bonchev–Trinajstić information content (AvgIpc) is 3.15. The first-order chi connectivity index (χ1) is 27.0. The summed E-state index contributed by atoms with van der Waals surface area (Å²) in [5.41, 5.74) is 0. The van der Waals surface area contributed by atoms with Crippen LogP contribution in [0.4, 0.5) is 0 Å². The topological polar surface area (TPSA) is 111 Å². The van der Waals surface area contributed by atoms with E-state index in [1.165, 1.54) is 44.9 Å². The molecule has 0 radical (unpaired) electrons.